The Morgan fingerprint density at radius 1 is 1.37 bits per heavy atom. The van der Waals surface area contributed by atoms with E-state index in [-0.39, 0.29) is 12.4 Å². The third-order valence-corrected chi connectivity index (χ3v) is 2.87. The SMILES string of the molecule is CCCCOC(=O)Cc1cccc2c(N)ncnc12. The second kappa shape index (κ2) is 6.13. The molecule has 2 N–H and O–H groups in total. The van der Waals surface area contributed by atoms with Gasteiger partial charge in [-0.1, -0.05) is 25.5 Å². The number of para-hydroxylation sites is 1. The van der Waals surface area contributed by atoms with Crippen LogP contribution >= 0.6 is 0 Å². The maximum Gasteiger partial charge on any atom is 0.310 e. The number of nitrogens with two attached hydrogens (primary N) is 1. The van der Waals surface area contributed by atoms with Crippen LogP contribution in [-0.2, 0) is 16.0 Å². The van der Waals surface area contributed by atoms with Gasteiger partial charge in [0, 0.05) is 5.39 Å². The van der Waals surface area contributed by atoms with Gasteiger partial charge in [0.25, 0.3) is 0 Å². The number of carbonyl (C=O) groups is 1. The molecule has 0 aliphatic heterocycles. The van der Waals surface area contributed by atoms with E-state index in [1.165, 1.54) is 6.33 Å². The lowest BCUT2D eigenvalue weighted by Crippen LogP contribution is -2.09. The molecule has 5 nitrogen and oxygen atoms in total. The molecule has 5 heteroatoms. The Hall–Kier alpha value is -2.17. The standard InChI is InChI=1S/C14H17N3O2/c1-2-3-7-19-12(18)8-10-5-4-6-11-13(10)16-9-17-14(11)15/h4-6,9H,2-3,7-8H2,1H3,(H2,15,16,17). The molecule has 0 saturated carbocycles. The van der Waals surface area contributed by atoms with Crippen LogP contribution in [0.2, 0.25) is 0 Å². The number of ether oxygens (including phenoxy) is 1. The Bertz CT molecular complexity index is 584. The summed E-state index contributed by atoms with van der Waals surface area (Å²) >= 11 is 0. The van der Waals surface area contributed by atoms with Gasteiger partial charge in [-0.05, 0) is 18.1 Å². The molecule has 100 valence electrons. The Morgan fingerprint density at radius 3 is 3.00 bits per heavy atom. The number of benzene rings is 1. The van der Waals surface area contributed by atoms with Gasteiger partial charge in [-0.15, -0.1) is 0 Å². The second-order valence-corrected chi connectivity index (χ2v) is 4.32. The van der Waals surface area contributed by atoms with Crippen molar-refractivity contribution in [3.63, 3.8) is 0 Å². The van der Waals surface area contributed by atoms with Crippen LogP contribution in [0.25, 0.3) is 10.9 Å². The summed E-state index contributed by atoms with van der Waals surface area (Å²) in [6.45, 7) is 2.52. The van der Waals surface area contributed by atoms with E-state index in [2.05, 4.69) is 16.9 Å². The maximum absolute atomic E-state index is 11.7. The van der Waals surface area contributed by atoms with E-state index in [9.17, 15) is 4.79 Å². The molecule has 0 fully saturated rings. The molecule has 0 amide bonds. The van der Waals surface area contributed by atoms with E-state index in [4.69, 9.17) is 10.5 Å². The molecule has 1 aromatic heterocycles. The molecule has 0 radical (unpaired) electrons. The number of fused-ring (bicyclic) bond motifs is 1. The van der Waals surface area contributed by atoms with Gasteiger partial charge in [-0.2, -0.15) is 0 Å². The van der Waals surface area contributed by atoms with Crippen molar-refractivity contribution in [3.8, 4) is 0 Å². The number of anilines is 1. The predicted octanol–water partition coefficient (Wildman–Crippen LogP) is 2.10. The van der Waals surface area contributed by atoms with Gasteiger partial charge in [-0.3, -0.25) is 4.79 Å². The summed E-state index contributed by atoms with van der Waals surface area (Å²) in [7, 11) is 0. The highest BCUT2D eigenvalue weighted by Crippen LogP contribution is 2.20. The lowest BCUT2D eigenvalue weighted by atomic mass is 10.1. The summed E-state index contributed by atoms with van der Waals surface area (Å²) in [5.74, 6) is 0.185. The molecule has 0 atom stereocenters. The van der Waals surface area contributed by atoms with Crippen molar-refractivity contribution < 1.29 is 9.53 Å². The number of aromatic nitrogens is 2. The predicted molar refractivity (Wildman–Crippen MR) is 73.5 cm³/mol. The van der Waals surface area contributed by atoms with Crippen LogP contribution in [0.4, 0.5) is 5.82 Å². The average molecular weight is 259 g/mol. The van der Waals surface area contributed by atoms with Crippen LogP contribution in [0.15, 0.2) is 24.5 Å². The zero-order chi connectivity index (χ0) is 13.7. The molecule has 0 bridgehead atoms. The highest BCUT2D eigenvalue weighted by molar-refractivity contribution is 5.92. The fourth-order valence-corrected chi connectivity index (χ4v) is 1.85. The van der Waals surface area contributed by atoms with Gasteiger partial charge in [-0.25, -0.2) is 9.97 Å². The number of esters is 1. The molecule has 0 aliphatic carbocycles. The number of carbonyl (C=O) groups excluding carboxylic acids is 1. The Labute approximate surface area is 111 Å². The normalized spacial score (nSPS) is 10.6. The van der Waals surface area contributed by atoms with Crippen molar-refractivity contribution in [3.05, 3.63) is 30.1 Å². The fraction of sp³-hybridized carbons (Fsp3) is 0.357. The minimum Gasteiger partial charge on any atom is -0.465 e. The number of hydrogen-bond acceptors (Lipinski definition) is 5. The first-order valence-electron chi connectivity index (χ1n) is 6.36. The molecule has 1 aromatic carbocycles. The van der Waals surface area contributed by atoms with Gasteiger partial charge >= 0.3 is 5.97 Å². The number of hydrogen-bond donors (Lipinski definition) is 1. The molecule has 0 aliphatic rings. The van der Waals surface area contributed by atoms with Crippen LogP contribution < -0.4 is 5.73 Å². The number of nitrogens with zero attached hydrogens (tertiary/aromatic N) is 2. The van der Waals surface area contributed by atoms with Crippen LogP contribution in [0.3, 0.4) is 0 Å². The molecule has 2 aromatic rings. The first kappa shape index (κ1) is 13.3. The summed E-state index contributed by atoms with van der Waals surface area (Å²) in [6, 6.07) is 5.54. The topological polar surface area (TPSA) is 78.1 Å². The molecule has 19 heavy (non-hydrogen) atoms. The Morgan fingerprint density at radius 2 is 2.21 bits per heavy atom. The van der Waals surface area contributed by atoms with Gasteiger partial charge in [0.15, 0.2) is 0 Å². The van der Waals surface area contributed by atoms with Crippen molar-refractivity contribution in [2.75, 3.05) is 12.3 Å². The lowest BCUT2D eigenvalue weighted by Gasteiger charge is -2.07. The van der Waals surface area contributed by atoms with E-state index < -0.39 is 0 Å². The zero-order valence-electron chi connectivity index (χ0n) is 10.9. The minimum absolute atomic E-state index is 0.206. The highest BCUT2D eigenvalue weighted by atomic mass is 16.5. The Balaban J connectivity index is 2.17. The molecule has 0 unspecified atom stereocenters. The van der Waals surface area contributed by atoms with Crippen molar-refractivity contribution in [2.45, 2.75) is 26.2 Å². The summed E-state index contributed by atoms with van der Waals surface area (Å²) in [4.78, 5) is 19.9. The van der Waals surface area contributed by atoms with Gasteiger partial charge in [0.05, 0.1) is 18.5 Å². The lowest BCUT2D eigenvalue weighted by molar-refractivity contribution is -0.142. The third kappa shape index (κ3) is 3.19. The van der Waals surface area contributed by atoms with Crippen molar-refractivity contribution in [1.82, 2.24) is 9.97 Å². The smallest absolute Gasteiger partial charge is 0.310 e. The van der Waals surface area contributed by atoms with Gasteiger partial charge in [0.1, 0.15) is 12.1 Å². The van der Waals surface area contributed by atoms with Crippen LogP contribution in [0.5, 0.6) is 0 Å². The van der Waals surface area contributed by atoms with Gasteiger partial charge in [0.2, 0.25) is 0 Å². The highest BCUT2D eigenvalue weighted by Gasteiger charge is 2.10. The van der Waals surface area contributed by atoms with Crippen LogP contribution in [0.1, 0.15) is 25.3 Å². The van der Waals surface area contributed by atoms with E-state index >= 15 is 0 Å². The number of nitrogen functional groups attached to an aromatic ring is 1. The third-order valence-electron chi connectivity index (χ3n) is 2.87. The summed E-state index contributed by atoms with van der Waals surface area (Å²) < 4.78 is 5.15. The molecule has 0 saturated heterocycles. The summed E-state index contributed by atoms with van der Waals surface area (Å²) in [5, 5.41) is 0.765. The monoisotopic (exact) mass is 259 g/mol. The van der Waals surface area contributed by atoms with E-state index in [0.717, 1.165) is 23.8 Å². The van der Waals surface area contributed by atoms with Crippen LogP contribution in [-0.4, -0.2) is 22.5 Å². The first-order chi connectivity index (χ1) is 9.22. The van der Waals surface area contributed by atoms with E-state index in [0.29, 0.717) is 17.9 Å². The van der Waals surface area contributed by atoms with Crippen molar-refractivity contribution in [2.24, 2.45) is 0 Å². The zero-order valence-corrected chi connectivity index (χ0v) is 10.9. The van der Waals surface area contributed by atoms with Crippen molar-refractivity contribution >= 4 is 22.7 Å². The summed E-state index contributed by atoms with van der Waals surface area (Å²) in [5.41, 5.74) is 7.31. The molecular formula is C14H17N3O2. The largest absolute Gasteiger partial charge is 0.465 e. The quantitative estimate of drug-likeness (QED) is 0.657. The molecule has 1 heterocycles. The average Bonchev–Trinajstić information content (AvgIpc) is 2.40. The maximum atomic E-state index is 11.7. The van der Waals surface area contributed by atoms with E-state index in [1.54, 1.807) is 0 Å². The molecule has 2 rings (SSSR count). The van der Waals surface area contributed by atoms with Crippen LogP contribution in [0, 0.1) is 0 Å². The van der Waals surface area contributed by atoms with Gasteiger partial charge < -0.3 is 10.5 Å². The number of rotatable bonds is 5. The first-order valence-corrected chi connectivity index (χ1v) is 6.36. The fourth-order valence-electron chi connectivity index (χ4n) is 1.85. The minimum atomic E-state index is -0.238. The summed E-state index contributed by atoms with van der Waals surface area (Å²) in [6.07, 6.45) is 3.50. The molecular weight excluding hydrogens is 242 g/mol. The van der Waals surface area contributed by atoms with E-state index in [1.807, 2.05) is 18.2 Å². The molecule has 0 spiro atoms. The van der Waals surface area contributed by atoms with Crippen molar-refractivity contribution in [1.29, 1.82) is 0 Å². The number of unbranched alkanes of at least 4 members (excludes halogenated alkanes) is 1. The Kier molecular flexibility index (Phi) is 4.28. The second-order valence-electron chi connectivity index (χ2n) is 4.32.